The lowest BCUT2D eigenvalue weighted by molar-refractivity contribution is -0.121. The topological polar surface area (TPSA) is 17.1 Å². The van der Waals surface area contributed by atoms with Gasteiger partial charge in [-0.2, -0.15) is 0 Å². The second kappa shape index (κ2) is 5.63. The number of benzene rings is 2. The molecule has 0 aliphatic carbocycles. The first-order valence-corrected chi connectivity index (χ1v) is 6.34. The molecular formula is C17H18O. The number of carbonyl (C=O) groups is 1. The molecule has 1 heteroatoms. The zero-order chi connectivity index (χ0) is 13.0. The minimum atomic E-state index is 0.110. The summed E-state index contributed by atoms with van der Waals surface area (Å²) in [6.45, 7) is 3.89. The Balaban J connectivity index is 2.13. The lowest BCUT2D eigenvalue weighted by Crippen LogP contribution is -2.09. The molecule has 0 radical (unpaired) electrons. The zero-order valence-electron chi connectivity index (χ0n) is 10.9. The van der Waals surface area contributed by atoms with Crippen molar-refractivity contribution in [2.75, 3.05) is 0 Å². The summed E-state index contributed by atoms with van der Waals surface area (Å²) in [4.78, 5) is 11.7. The Kier molecular flexibility index (Phi) is 3.93. The van der Waals surface area contributed by atoms with Crippen LogP contribution in [0, 0.1) is 5.92 Å². The standard InChI is InChI=1S/C17H18O/c1-13(2)17(18)12-14-8-10-16(11-9-14)15-6-4-3-5-7-15/h3-11,13H,12H2,1-2H3. The van der Waals surface area contributed by atoms with Crippen molar-refractivity contribution in [2.24, 2.45) is 5.92 Å². The number of ketones is 1. The van der Waals surface area contributed by atoms with Gasteiger partial charge in [-0.25, -0.2) is 0 Å². The highest BCUT2D eigenvalue weighted by Gasteiger charge is 2.08. The van der Waals surface area contributed by atoms with Crippen molar-refractivity contribution < 1.29 is 4.79 Å². The van der Waals surface area contributed by atoms with Gasteiger partial charge in [-0.3, -0.25) is 4.79 Å². The van der Waals surface area contributed by atoms with Crippen molar-refractivity contribution in [3.63, 3.8) is 0 Å². The maximum atomic E-state index is 11.7. The molecule has 18 heavy (non-hydrogen) atoms. The number of carbonyl (C=O) groups excluding carboxylic acids is 1. The van der Waals surface area contributed by atoms with Crippen LogP contribution in [-0.2, 0) is 11.2 Å². The second-order valence-electron chi connectivity index (χ2n) is 4.86. The second-order valence-corrected chi connectivity index (χ2v) is 4.86. The van der Waals surface area contributed by atoms with Gasteiger partial charge in [0.05, 0.1) is 0 Å². The molecule has 2 aromatic carbocycles. The molecule has 0 aliphatic heterocycles. The van der Waals surface area contributed by atoms with Crippen LogP contribution in [0.25, 0.3) is 11.1 Å². The van der Waals surface area contributed by atoms with Crippen LogP contribution in [0.1, 0.15) is 19.4 Å². The first-order valence-electron chi connectivity index (χ1n) is 6.34. The molecule has 0 unspecified atom stereocenters. The minimum absolute atomic E-state index is 0.110. The van der Waals surface area contributed by atoms with Crippen molar-refractivity contribution in [1.82, 2.24) is 0 Å². The van der Waals surface area contributed by atoms with E-state index >= 15 is 0 Å². The van der Waals surface area contributed by atoms with Crippen LogP contribution in [-0.4, -0.2) is 5.78 Å². The molecule has 92 valence electrons. The summed E-state index contributed by atoms with van der Waals surface area (Å²) in [6, 6.07) is 18.5. The summed E-state index contributed by atoms with van der Waals surface area (Å²) >= 11 is 0. The van der Waals surface area contributed by atoms with Gasteiger partial charge >= 0.3 is 0 Å². The molecule has 0 spiro atoms. The normalized spacial score (nSPS) is 10.6. The molecule has 0 atom stereocenters. The molecule has 0 heterocycles. The predicted octanol–water partition coefficient (Wildman–Crippen LogP) is 4.12. The molecule has 0 amide bonds. The van der Waals surface area contributed by atoms with Gasteiger partial charge in [0.2, 0.25) is 0 Å². The van der Waals surface area contributed by atoms with E-state index in [0.29, 0.717) is 12.2 Å². The monoisotopic (exact) mass is 238 g/mol. The van der Waals surface area contributed by atoms with Crippen molar-refractivity contribution in [2.45, 2.75) is 20.3 Å². The van der Waals surface area contributed by atoms with Crippen LogP contribution in [0.4, 0.5) is 0 Å². The Hall–Kier alpha value is -1.89. The van der Waals surface area contributed by atoms with Crippen LogP contribution in [0.3, 0.4) is 0 Å². The summed E-state index contributed by atoms with van der Waals surface area (Å²) in [7, 11) is 0. The van der Waals surface area contributed by atoms with E-state index in [1.165, 1.54) is 11.1 Å². The summed E-state index contributed by atoms with van der Waals surface area (Å²) in [5.74, 6) is 0.404. The van der Waals surface area contributed by atoms with Crippen molar-refractivity contribution in [3.8, 4) is 11.1 Å². The van der Waals surface area contributed by atoms with Gasteiger partial charge in [0.25, 0.3) is 0 Å². The molecule has 2 aromatic rings. The highest BCUT2D eigenvalue weighted by molar-refractivity contribution is 5.82. The van der Waals surface area contributed by atoms with E-state index in [4.69, 9.17) is 0 Å². The quantitative estimate of drug-likeness (QED) is 0.783. The Bertz CT molecular complexity index is 509. The summed E-state index contributed by atoms with van der Waals surface area (Å²) < 4.78 is 0. The van der Waals surface area contributed by atoms with E-state index < -0.39 is 0 Å². The first kappa shape index (κ1) is 12.6. The smallest absolute Gasteiger partial charge is 0.139 e. The Morgan fingerprint density at radius 1 is 0.889 bits per heavy atom. The molecule has 1 nitrogen and oxygen atoms in total. The molecule has 0 N–H and O–H groups in total. The Labute approximate surface area is 108 Å². The van der Waals surface area contributed by atoms with Crippen LogP contribution < -0.4 is 0 Å². The van der Waals surface area contributed by atoms with Crippen LogP contribution in [0.15, 0.2) is 54.6 Å². The number of rotatable bonds is 4. The summed E-state index contributed by atoms with van der Waals surface area (Å²) in [5.41, 5.74) is 3.49. The van der Waals surface area contributed by atoms with E-state index in [1.54, 1.807) is 0 Å². The highest BCUT2D eigenvalue weighted by atomic mass is 16.1. The van der Waals surface area contributed by atoms with Crippen LogP contribution in [0.5, 0.6) is 0 Å². The third kappa shape index (κ3) is 3.07. The SMILES string of the molecule is CC(C)C(=O)Cc1ccc(-c2ccccc2)cc1. The van der Waals surface area contributed by atoms with Crippen molar-refractivity contribution in [3.05, 3.63) is 60.2 Å². The van der Waals surface area contributed by atoms with E-state index in [9.17, 15) is 4.79 Å². The predicted molar refractivity (Wildman–Crippen MR) is 75.4 cm³/mol. The van der Waals surface area contributed by atoms with E-state index in [-0.39, 0.29) is 5.92 Å². The molecule has 0 saturated carbocycles. The maximum Gasteiger partial charge on any atom is 0.139 e. The summed E-state index contributed by atoms with van der Waals surface area (Å²) in [6.07, 6.45) is 0.534. The average Bonchev–Trinajstić information content (AvgIpc) is 2.40. The Morgan fingerprint density at radius 2 is 1.44 bits per heavy atom. The third-order valence-electron chi connectivity index (χ3n) is 3.08. The largest absolute Gasteiger partial charge is 0.299 e. The van der Waals surface area contributed by atoms with Crippen LogP contribution >= 0.6 is 0 Å². The van der Waals surface area contributed by atoms with Gasteiger partial charge in [0.1, 0.15) is 5.78 Å². The molecule has 2 rings (SSSR count). The first-order chi connectivity index (χ1) is 8.66. The molecule has 0 aliphatic rings. The van der Waals surface area contributed by atoms with Crippen LogP contribution in [0.2, 0.25) is 0 Å². The van der Waals surface area contributed by atoms with Gasteiger partial charge in [0.15, 0.2) is 0 Å². The zero-order valence-corrected chi connectivity index (χ0v) is 10.9. The lowest BCUT2D eigenvalue weighted by atomic mass is 9.98. The molecule has 0 fully saturated rings. The van der Waals surface area contributed by atoms with Gasteiger partial charge in [-0.1, -0.05) is 68.4 Å². The lowest BCUT2D eigenvalue weighted by Gasteiger charge is -2.06. The molecular weight excluding hydrogens is 220 g/mol. The highest BCUT2D eigenvalue weighted by Crippen LogP contribution is 2.19. The Morgan fingerprint density at radius 3 is 2.00 bits per heavy atom. The van der Waals surface area contributed by atoms with Gasteiger partial charge in [-0.15, -0.1) is 0 Å². The minimum Gasteiger partial charge on any atom is -0.299 e. The van der Waals surface area contributed by atoms with Gasteiger partial charge < -0.3 is 0 Å². The summed E-state index contributed by atoms with van der Waals surface area (Å²) in [5, 5.41) is 0. The van der Waals surface area contributed by atoms with E-state index in [1.807, 2.05) is 44.2 Å². The van der Waals surface area contributed by atoms with Gasteiger partial charge in [0, 0.05) is 12.3 Å². The maximum absolute atomic E-state index is 11.7. The van der Waals surface area contributed by atoms with Crippen molar-refractivity contribution >= 4 is 5.78 Å². The average molecular weight is 238 g/mol. The van der Waals surface area contributed by atoms with Crippen molar-refractivity contribution in [1.29, 1.82) is 0 Å². The fraction of sp³-hybridized carbons (Fsp3) is 0.235. The van der Waals surface area contributed by atoms with Gasteiger partial charge in [-0.05, 0) is 16.7 Å². The molecule has 0 aromatic heterocycles. The van der Waals surface area contributed by atoms with E-state index in [2.05, 4.69) is 24.3 Å². The number of Topliss-reactive ketones (excluding diaryl/α,β-unsaturated/α-hetero) is 1. The fourth-order valence-electron chi connectivity index (χ4n) is 1.85. The van der Waals surface area contributed by atoms with E-state index in [0.717, 1.165) is 5.56 Å². The third-order valence-corrected chi connectivity index (χ3v) is 3.08. The molecule has 0 saturated heterocycles. The fourth-order valence-corrected chi connectivity index (χ4v) is 1.85. The molecule has 0 bridgehead atoms. The number of hydrogen-bond donors (Lipinski definition) is 0. The number of hydrogen-bond acceptors (Lipinski definition) is 1.